The summed E-state index contributed by atoms with van der Waals surface area (Å²) in [6, 6.07) is 15.4. The van der Waals surface area contributed by atoms with Crippen LogP contribution in [0, 0.1) is 5.82 Å². The lowest BCUT2D eigenvalue weighted by Gasteiger charge is -2.08. The Balaban J connectivity index is 1.74. The van der Waals surface area contributed by atoms with Crippen molar-refractivity contribution in [3.05, 3.63) is 66.6 Å². The van der Waals surface area contributed by atoms with Crippen LogP contribution in [-0.2, 0) is 0 Å². The number of nitrogens with zero attached hydrogens (tertiary/aromatic N) is 2. The molecule has 3 aromatic rings. The van der Waals surface area contributed by atoms with Crippen LogP contribution in [0.25, 0.3) is 0 Å². The third kappa shape index (κ3) is 3.73. The van der Waals surface area contributed by atoms with E-state index in [-0.39, 0.29) is 5.82 Å². The molecule has 6 heteroatoms. The molecule has 0 fully saturated rings. The Morgan fingerprint density at radius 3 is 2.18 bits per heavy atom. The zero-order valence-electron chi connectivity index (χ0n) is 11.5. The van der Waals surface area contributed by atoms with Crippen molar-refractivity contribution in [1.82, 2.24) is 9.97 Å². The van der Waals surface area contributed by atoms with Gasteiger partial charge < -0.3 is 10.6 Å². The predicted molar refractivity (Wildman–Crippen MR) is 88.7 cm³/mol. The number of benzene rings is 2. The molecule has 110 valence electrons. The van der Waals surface area contributed by atoms with Gasteiger partial charge in [-0.3, -0.25) is 0 Å². The van der Waals surface area contributed by atoms with Crippen LogP contribution in [0.2, 0.25) is 0 Å². The Bertz CT molecular complexity index is 697. The molecule has 0 aliphatic rings. The quantitative estimate of drug-likeness (QED) is 0.625. The zero-order chi connectivity index (χ0) is 15.4. The van der Waals surface area contributed by atoms with Crippen molar-refractivity contribution in [3.8, 4) is 0 Å². The van der Waals surface area contributed by atoms with Gasteiger partial charge in [-0.2, -0.15) is 4.98 Å². The number of nitrogens with one attached hydrogen (secondary N) is 2. The van der Waals surface area contributed by atoms with Crippen LogP contribution >= 0.6 is 12.6 Å². The van der Waals surface area contributed by atoms with Gasteiger partial charge in [-0.1, -0.05) is 0 Å². The molecule has 0 radical (unpaired) electrons. The molecule has 1 heterocycles. The molecule has 4 nitrogen and oxygen atoms in total. The summed E-state index contributed by atoms with van der Waals surface area (Å²) in [6.07, 6.45) is 1.65. The highest BCUT2D eigenvalue weighted by Gasteiger charge is 2.01. The standard InChI is InChI=1S/C16H13FN4S/c17-11-1-3-12(4-2-11)19-15-9-10-18-16(21-15)20-13-5-7-14(22)8-6-13/h1-10,22H,(H2,18,19,20,21). The highest BCUT2D eigenvalue weighted by molar-refractivity contribution is 7.80. The number of halogens is 1. The van der Waals surface area contributed by atoms with Gasteiger partial charge in [0.15, 0.2) is 0 Å². The van der Waals surface area contributed by atoms with Crippen molar-refractivity contribution in [2.24, 2.45) is 0 Å². The first kappa shape index (κ1) is 14.3. The summed E-state index contributed by atoms with van der Waals surface area (Å²) in [5.41, 5.74) is 1.63. The molecule has 3 rings (SSSR count). The number of aromatic nitrogens is 2. The van der Waals surface area contributed by atoms with E-state index in [0.29, 0.717) is 11.8 Å². The summed E-state index contributed by atoms with van der Waals surface area (Å²) < 4.78 is 12.9. The van der Waals surface area contributed by atoms with E-state index in [0.717, 1.165) is 16.3 Å². The van der Waals surface area contributed by atoms with Crippen LogP contribution in [-0.4, -0.2) is 9.97 Å². The van der Waals surface area contributed by atoms with E-state index in [4.69, 9.17) is 0 Å². The van der Waals surface area contributed by atoms with Crippen molar-refractivity contribution in [1.29, 1.82) is 0 Å². The molecule has 0 saturated heterocycles. The summed E-state index contributed by atoms with van der Waals surface area (Å²) in [5.74, 6) is 0.817. The number of anilines is 4. The molecule has 0 aliphatic heterocycles. The molecule has 22 heavy (non-hydrogen) atoms. The molecule has 0 saturated carbocycles. The van der Waals surface area contributed by atoms with Crippen LogP contribution < -0.4 is 10.6 Å². The molecule has 0 spiro atoms. The predicted octanol–water partition coefficient (Wildman–Crippen LogP) is 4.39. The third-order valence-corrected chi connectivity index (χ3v) is 3.19. The monoisotopic (exact) mass is 312 g/mol. The fourth-order valence-electron chi connectivity index (χ4n) is 1.84. The SMILES string of the molecule is Fc1ccc(Nc2ccnc(Nc3ccc(S)cc3)n2)cc1. The molecule has 0 atom stereocenters. The second-order valence-electron chi connectivity index (χ2n) is 4.57. The van der Waals surface area contributed by atoms with Crippen molar-refractivity contribution in [3.63, 3.8) is 0 Å². The lowest BCUT2D eigenvalue weighted by atomic mass is 10.3. The van der Waals surface area contributed by atoms with E-state index in [2.05, 4.69) is 33.2 Å². The number of hydrogen-bond acceptors (Lipinski definition) is 5. The largest absolute Gasteiger partial charge is 0.340 e. The van der Waals surface area contributed by atoms with Gasteiger partial charge >= 0.3 is 0 Å². The van der Waals surface area contributed by atoms with Crippen LogP contribution in [0.1, 0.15) is 0 Å². The summed E-state index contributed by atoms with van der Waals surface area (Å²) in [7, 11) is 0. The summed E-state index contributed by atoms with van der Waals surface area (Å²) in [5, 5.41) is 6.21. The Labute approximate surface area is 132 Å². The second kappa shape index (κ2) is 6.44. The van der Waals surface area contributed by atoms with Gasteiger partial charge in [0.05, 0.1) is 0 Å². The van der Waals surface area contributed by atoms with Gasteiger partial charge in [-0.05, 0) is 54.6 Å². The van der Waals surface area contributed by atoms with Crippen molar-refractivity contribution in [2.75, 3.05) is 10.6 Å². The van der Waals surface area contributed by atoms with Gasteiger partial charge in [-0.15, -0.1) is 12.6 Å². The van der Waals surface area contributed by atoms with Gasteiger partial charge in [0.25, 0.3) is 0 Å². The average molecular weight is 312 g/mol. The number of rotatable bonds is 4. The van der Waals surface area contributed by atoms with E-state index in [1.807, 2.05) is 24.3 Å². The smallest absolute Gasteiger partial charge is 0.229 e. The first-order valence-corrected chi connectivity index (χ1v) is 7.05. The Morgan fingerprint density at radius 1 is 0.818 bits per heavy atom. The van der Waals surface area contributed by atoms with Crippen molar-refractivity contribution in [2.45, 2.75) is 4.90 Å². The van der Waals surface area contributed by atoms with Crippen LogP contribution in [0.15, 0.2) is 65.7 Å². The maximum atomic E-state index is 12.9. The highest BCUT2D eigenvalue weighted by Crippen LogP contribution is 2.18. The van der Waals surface area contributed by atoms with Crippen LogP contribution in [0.4, 0.5) is 27.5 Å². The Hall–Kier alpha value is -2.60. The zero-order valence-corrected chi connectivity index (χ0v) is 12.4. The molecular formula is C16H13FN4S. The van der Waals surface area contributed by atoms with Gasteiger partial charge in [-0.25, -0.2) is 9.37 Å². The minimum absolute atomic E-state index is 0.275. The molecule has 2 N–H and O–H groups in total. The third-order valence-electron chi connectivity index (χ3n) is 2.90. The topological polar surface area (TPSA) is 49.8 Å². The van der Waals surface area contributed by atoms with Crippen molar-refractivity contribution >= 4 is 35.8 Å². The Kier molecular flexibility index (Phi) is 4.20. The Morgan fingerprint density at radius 2 is 1.45 bits per heavy atom. The molecule has 1 aromatic heterocycles. The summed E-state index contributed by atoms with van der Waals surface area (Å²) in [6.45, 7) is 0. The molecular weight excluding hydrogens is 299 g/mol. The van der Waals surface area contributed by atoms with E-state index >= 15 is 0 Å². The molecule has 2 aromatic carbocycles. The second-order valence-corrected chi connectivity index (χ2v) is 5.09. The van der Waals surface area contributed by atoms with Crippen molar-refractivity contribution < 1.29 is 4.39 Å². The van der Waals surface area contributed by atoms with Gasteiger partial charge in [0.1, 0.15) is 11.6 Å². The molecule has 0 aliphatic carbocycles. The molecule has 0 bridgehead atoms. The van der Waals surface area contributed by atoms with E-state index in [1.165, 1.54) is 12.1 Å². The minimum atomic E-state index is -0.275. The van der Waals surface area contributed by atoms with Gasteiger partial charge in [0, 0.05) is 22.5 Å². The average Bonchev–Trinajstić information content (AvgIpc) is 2.52. The molecule has 0 unspecified atom stereocenters. The fraction of sp³-hybridized carbons (Fsp3) is 0. The van der Waals surface area contributed by atoms with Crippen LogP contribution in [0.5, 0.6) is 0 Å². The maximum Gasteiger partial charge on any atom is 0.229 e. The van der Waals surface area contributed by atoms with Gasteiger partial charge in [0.2, 0.25) is 5.95 Å². The maximum absolute atomic E-state index is 12.9. The summed E-state index contributed by atoms with van der Waals surface area (Å²) >= 11 is 4.24. The lowest BCUT2D eigenvalue weighted by Crippen LogP contribution is -2.00. The summed E-state index contributed by atoms with van der Waals surface area (Å²) in [4.78, 5) is 9.42. The first-order chi connectivity index (χ1) is 10.7. The van der Waals surface area contributed by atoms with Crippen LogP contribution in [0.3, 0.4) is 0 Å². The fourth-order valence-corrected chi connectivity index (χ4v) is 1.99. The normalized spacial score (nSPS) is 10.3. The first-order valence-electron chi connectivity index (χ1n) is 6.61. The number of hydrogen-bond donors (Lipinski definition) is 3. The van der Waals surface area contributed by atoms with E-state index in [1.54, 1.807) is 24.4 Å². The number of thiol groups is 1. The minimum Gasteiger partial charge on any atom is -0.340 e. The lowest BCUT2D eigenvalue weighted by molar-refractivity contribution is 0.628. The highest BCUT2D eigenvalue weighted by atomic mass is 32.1. The molecule has 0 amide bonds. The van der Waals surface area contributed by atoms with E-state index in [9.17, 15) is 4.39 Å². The van der Waals surface area contributed by atoms with E-state index < -0.39 is 0 Å².